The van der Waals surface area contributed by atoms with Gasteiger partial charge in [-0.25, -0.2) is 4.79 Å². The molecule has 0 unspecified atom stereocenters. The molecule has 1 aliphatic heterocycles. The zero-order valence-corrected chi connectivity index (χ0v) is 41.8. The Balaban J connectivity index is 0.0000163. The summed E-state index contributed by atoms with van der Waals surface area (Å²) >= 11 is 0. The van der Waals surface area contributed by atoms with Crippen LogP contribution < -0.4 is 53.6 Å². The van der Waals surface area contributed by atoms with Crippen LogP contribution in [0.2, 0.25) is 0 Å². The zero-order chi connectivity index (χ0) is 49.7. The number of hydrogen-bond acceptors (Lipinski definition) is 12. The van der Waals surface area contributed by atoms with Gasteiger partial charge in [-0.15, -0.1) is 0 Å². The van der Waals surface area contributed by atoms with Crippen LogP contribution in [-0.4, -0.2) is 154 Å². The van der Waals surface area contributed by atoms with Gasteiger partial charge in [0.2, 0.25) is 35.4 Å². The van der Waals surface area contributed by atoms with Gasteiger partial charge in [-0.1, -0.05) is 88.4 Å². The minimum atomic E-state index is -1.28. The SMILES string of the molecule is CC(C)C[C@H](NC(=O)[C@H](CCCCN)NC(=O)CNC(=O)CN1CCCNCCNCCCNCC1)C(=O)N[C@H](C(=O)N[C@@H](Cc1ccccc1)C(=O)N[C@@H](Cc1ccccc1)C(=O)O)C(C)C.[Cu]. The fraction of sp³-hybridized carbons (Fsp3) is 0.612. The van der Waals surface area contributed by atoms with Gasteiger partial charge in [0, 0.05) is 56.1 Å². The minimum Gasteiger partial charge on any atom is -0.480 e. The molecule has 12 N–H and O–H groups in total. The average molecular weight is 1010 g/mol. The third-order valence-corrected chi connectivity index (χ3v) is 11.4. The first-order chi connectivity index (χ1) is 32.7. The third-order valence-electron chi connectivity index (χ3n) is 11.4. The van der Waals surface area contributed by atoms with Gasteiger partial charge in [-0.05, 0) is 94.2 Å². The normalized spacial score (nSPS) is 16.2. The van der Waals surface area contributed by atoms with Gasteiger partial charge in [0.1, 0.15) is 30.2 Å². The number of carboxylic acids is 1. The molecule has 1 radical (unpaired) electrons. The van der Waals surface area contributed by atoms with E-state index < -0.39 is 71.6 Å². The monoisotopic (exact) mass is 1010 g/mol. The summed E-state index contributed by atoms with van der Waals surface area (Å²) in [5, 5.41) is 36.6. The van der Waals surface area contributed by atoms with Crippen LogP contribution in [0.1, 0.15) is 77.3 Å². The fourth-order valence-electron chi connectivity index (χ4n) is 7.68. The topological polar surface area (TPSA) is 277 Å². The predicted molar refractivity (Wildman–Crippen MR) is 262 cm³/mol. The summed E-state index contributed by atoms with van der Waals surface area (Å²) in [7, 11) is 0. The van der Waals surface area contributed by atoms with Crippen LogP contribution in [0.4, 0.5) is 0 Å². The second kappa shape index (κ2) is 34.4. The van der Waals surface area contributed by atoms with Gasteiger partial charge in [-0.3, -0.25) is 33.7 Å². The summed E-state index contributed by atoms with van der Waals surface area (Å²) in [5.74, 6) is -5.34. The number of hydrogen-bond donors (Lipinski definition) is 11. The predicted octanol–water partition coefficient (Wildman–Crippen LogP) is -0.210. The third kappa shape index (κ3) is 24.9. The van der Waals surface area contributed by atoms with E-state index in [1.165, 1.54) is 0 Å². The minimum absolute atomic E-state index is 0. The Kier molecular flexibility index (Phi) is 30.0. The molecule has 0 bridgehead atoms. The summed E-state index contributed by atoms with van der Waals surface area (Å²) in [6, 6.07) is 12.0. The number of carbonyl (C=O) groups excluding carboxylic acids is 6. The number of aliphatic carboxylic acids is 1. The molecule has 19 nitrogen and oxygen atoms in total. The van der Waals surface area contributed by atoms with E-state index in [2.05, 4.69) is 47.9 Å². The quantitative estimate of drug-likeness (QED) is 0.0455. The molecule has 1 fully saturated rings. The van der Waals surface area contributed by atoms with Crippen LogP contribution in [0.3, 0.4) is 0 Å². The molecule has 0 aliphatic carbocycles. The molecule has 1 saturated heterocycles. The van der Waals surface area contributed by atoms with Crippen LogP contribution in [-0.2, 0) is 63.5 Å². The number of benzene rings is 2. The molecule has 2 aromatic rings. The Hall–Kier alpha value is -4.95. The smallest absolute Gasteiger partial charge is 0.326 e. The van der Waals surface area contributed by atoms with Crippen molar-refractivity contribution in [1.29, 1.82) is 0 Å². The molecule has 5 atom stereocenters. The number of carbonyl (C=O) groups is 7. The van der Waals surface area contributed by atoms with Crippen molar-refractivity contribution >= 4 is 41.4 Å². The molecule has 1 aliphatic rings. The molecule has 6 amide bonds. The van der Waals surface area contributed by atoms with Crippen molar-refractivity contribution < 1.29 is 55.7 Å². The van der Waals surface area contributed by atoms with E-state index in [0.29, 0.717) is 43.6 Å². The van der Waals surface area contributed by atoms with E-state index >= 15 is 0 Å². The van der Waals surface area contributed by atoms with Crippen molar-refractivity contribution in [1.82, 2.24) is 52.8 Å². The molecule has 0 aromatic heterocycles. The maximum absolute atomic E-state index is 14.1. The summed E-state index contributed by atoms with van der Waals surface area (Å²) in [6.07, 6.45) is 3.41. The molecule has 1 heterocycles. The number of rotatable bonds is 25. The molecular weight excluding hydrogens is 934 g/mol. The van der Waals surface area contributed by atoms with Gasteiger partial charge in [0.15, 0.2) is 0 Å². The van der Waals surface area contributed by atoms with Crippen LogP contribution in [0.25, 0.3) is 0 Å². The maximum Gasteiger partial charge on any atom is 0.326 e. The van der Waals surface area contributed by atoms with Crippen molar-refractivity contribution in [3.8, 4) is 0 Å². The van der Waals surface area contributed by atoms with Crippen LogP contribution in [0.15, 0.2) is 60.7 Å². The van der Waals surface area contributed by atoms with Gasteiger partial charge in [0.05, 0.1) is 13.1 Å². The Bertz CT molecular complexity index is 1830. The standard InChI is InChI=1S/C49H79N11O8.Cu/c1-34(2)29-39(56-45(63)38(19-11-12-20-50)55-42(61)32-54-43(62)33-60-27-14-23-52-25-24-51-21-13-22-53-26-28-60)47(65)59-44(35(3)4)48(66)57-40(30-36-15-7-5-8-16-36)46(64)58-41(49(67)68)31-37-17-9-6-10-18-37;/h5-10,15-18,34-35,38-41,44,51-53H,11-14,19-33,50H2,1-4H3,(H,54,62)(H,55,61)(H,56,63)(H,57,66)(H,58,64)(H,59,65)(H,67,68);/t38-,39-,40-,41-,44-;/m0./s1. The first-order valence-corrected chi connectivity index (χ1v) is 24.3. The van der Waals surface area contributed by atoms with Gasteiger partial charge in [0.25, 0.3) is 0 Å². The molecular formula is C49H79CuN11O8. The number of nitrogens with one attached hydrogen (secondary N) is 9. The summed E-state index contributed by atoms with van der Waals surface area (Å²) in [4.78, 5) is 96.6. The molecule has 0 saturated carbocycles. The molecule has 389 valence electrons. The maximum atomic E-state index is 14.1. The Labute approximate surface area is 419 Å². The molecule has 69 heavy (non-hydrogen) atoms. The van der Waals surface area contributed by atoms with Crippen molar-refractivity contribution in [3.05, 3.63) is 71.8 Å². The molecule has 3 rings (SSSR count). The van der Waals surface area contributed by atoms with E-state index in [0.717, 1.165) is 52.1 Å². The number of unbranched alkanes of at least 4 members (excludes halogenated alkanes) is 1. The fourth-order valence-corrected chi connectivity index (χ4v) is 7.68. The van der Waals surface area contributed by atoms with E-state index in [1.54, 1.807) is 68.4 Å². The number of nitrogens with two attached hydrogens (primary N) is 1. The number of carboxylic acid groups (broad SMARTS) is 1. The van der Waals surface area contributed by atoms with Crippen molar-refractivity contribution in [2.75, 3.05) is 72.0 Å². The van der Waals surface area contributed by atoms with Gasteiger partial charge >= 0.3 is 5.97 Å². The molecule has 0 spiro atoms. The van der Waals surface area contributed by atoms with E-state index in [4.69, 9.17) is 5.73 Å². The zero-order valence-electron chi connectivity index (χ0n) is 40.9. The van der Waals surface area contributed by atoms with E-state index in [1.807, 2.05) is 24.8 Å². The van der Waals surface area contributed by atoms with Crippen LogP contribution >= 0.6 is 0 Å². The second-order valence-corrected chi connectivity index (χ2v) is 18.2. The van der Waals surface area contributed by atoms with Crippen LogP contribution in [0, 0.1) is 11.8 Å². The average Bonchev–Trinajstić information content (AvgIpc) is 3.30. The first-order valence-electron chi connectivity index (χ1n) is 24.3. The van der Waals surface area contributed by atoms with Crippen molar-refractivity contribution in [2.24, 2.45) is 17.6 Å². The Morgan fingerprint density at radius 1 is 0.609 bits per heavy atom. The second-order valence-electron chi connectivity index (χ2n) is 18.2. The Morgan fingerprint density at radius 3 is 1.72 bits per heavy atom. The summed E-state index contributed by atoms with van der Waals surface area (Å²) < 4.78 is 0. The first kappa shape index (κ1) is 60.2. The van der Waals surface area contributed by atoms with E-state index in [-0.39, 0.29) is 67.7 Å². The number of amides is 6. The van der Waals surface area contributed by atoms with Gasteiger partial charge in [-0.2, -0.15) is 0 Å². The molecule has 20 heteroatoms. The largest absolute Gasteiger partial charge is 0.480 e. The Morgan fingerprint density at radius 2 is 1.14 bits per heavy atom. The van der Waals surface area contributed by atoms with Crippen molar-refractivity contribution in [3.63, 3.8) is 0 Å². The van der Waals surface area contributed by atoms with Crippen molar-refractivity contribution in [2.45, 2.75) is 109 Å². The summed E-state index contributed by atoms with van der Waals surface area (Å²) in [6.45, 7) is 13.8. The van der Waals surface area contributed by atoms with Crippen LogP contribution in [0.5, 0.6) is 0 Å². The summed E-state index contributed by atoms with van der Waals surface area (Å²) in [5.41, 5.74) is 7.16. The van der Waals surface area contributed by atoms with E-state index in [9.17, 15) is 38.7 Å². The molecule has 2 aromatic carbocycles. The number of nitrogens with zero attached hydrogens (tertiary/aromatic N) is 1. The van der Waals surface area contributed by atoms with Gasteiger partial charge < -0.3 is 58.7 Å².